The van der Waals surface area contributed by atoms with Crippen LogP contribution in [0.15, 0.2) is 36.4 Å². The molecule has 0 bridgehead atoms. The lowest BCUT2D eigenvalue weighted by Crippen LogP contribution is -2.44. The molecule has 2 atom stereocenters. The van der Waals surface area contributed by atoms with Crippen LogP contribution in [0.1, 0.15) is 24.0 Å². The van der Waals surface area contributed by atoms with Gasteiger partial charge >= 0.3 is 0 Å². The minimum atomic E-state index is -0.266. The largest absolute Gasteiger partial charge is 0.336 e. The molecule has 1 saturated heterocycles. The Kier molecular flexibility index (Phi) is 3.71. The fourth-order valence-corrected chi connectivity index (χ4v) is 3.97. The van der Waals surface area contributed by atoms with E-state index in [1.54, 1.807) is 4.90 Å². The first-order valence-electron chi connectivity index (χ1n) is 8.50. The lowest BCUT2D eigenvalue weighted by atomic mass is 9.85. The molecule has 24 heavy (non-hydrogen) atoms. The van der Waals surface area contributed by atoms with Gasteiger partial charge in [-0.15, -0.1) is 0 Å². The third kappa shape index (κ3) is 2.44. The van der Waals surface area contributed by atoms with Crippen molar-refractivity contribution in [2.24, 2.45) is 11.8 Å². The maximum atomic E-state index is 12.6. The van der Waals surface area contributed by atoms with E-state index in [2.05, 4.69) is 6.07 Å². The molecule has 0 radical (unpaired) electrons. The molecule has 0 unspecified atom stereocenters. The molecule has 124 valence electrons. The molecule has 5 heteroatoms. The molecule has 1 aromatic carbocycles. The number of benzene rings is 1. The number of nitrogens with zero attached hydrogens (tertiary/aromatic N) is 2. The van der Waals surface area contributed by atoms with Crippen LogP contribution in [0.3, 0.4) is 0 Å². The summed E-state index contributed by atoms with van der Waals surface area (Å²) in [6, 6.07) is 8.09. The Balaban J connectivity index is 1.45. The number of rotatable bonds is 2. The normalized spacial score (nSPS) is 25.7. The van der Waals surface area contributed by atoms with Crippen LogP contribution in [0.25, 0.3) is 0 Å². The molecule has 3 amide bonds. The summed E-state index contributed by atoms with van der Waals surface area (Å²) in [5.74, 6) is -1.03. The summed E-state index contributed by atoms with van der Waals surface area (Å²) in [5.41, 5.74) is 2.42. The van der Waals surface area contributed by atoms with Gasteiger partial charge in [0.15, 0.2) is 0 Å². The molecule has 0 aromatic heterocycles. The van der Waals surface area contributed by atoms with E-state index in [0.717, 1.165) is 12.0 Å². The van der Waals surface area contributed by atoms with E-state index in [1.165, 1.54) is 10.5 Å². The van der Waals surface area contributed by atoms with Crippen molar-refractivity contribution in [1.82, 2.24) is 9.80 Å². The van der Waals surface area contributed by atoms with E-state index in [-0.39, 0.29) is 36.1 Å². The van der Waals surface area contributed by atoms with Crippen molar-refractivity contribution in [2.75, 3.05) is 13.1 Å². The van der Waals surface area contributed by atoms with Gasteiger partial charge in [0.25, 0.3) is 0 Å². The fourth-order valence-electron chi connectivity index (χ4n) is 3.97. The third-order valence-electron chi connectivity index (χ3n) is 5.38. The number of hydrogen-bond donors (Lipinski definition) is 0. The molecule has 1 aromatic rings. The van der Waals surface area contributed by atoms with E-state index in [4.69, 9.17) is 0 Å². The highest BCUT2D eigenvalue weighted by Gasteiger charge is 2.47. The van der Waals surface area contributed by atoms with Crippen LogP contribution in [0, 0.1) is 11.8 Å². The Morgan fingerprint density at radius 3 is 2.29 bits per heavy atom. The van der Waals surface area contributed by atoms with Crippen molar-refractivity contribution in [3.8, 4) is 0 Å². The van der Waals surface area contributed by atoms with E-state index in [9.17, 15) is 14.4 Å². The molecule has 1 aliphatic carbocycles. The van der Waals surface area contributed by atoms with Crippen LogP contribution in [0.2, 0.25) is 0 Å². The maximum Gasteiger partial charge on any atom is 0.243 e. The Hall–Kier alpha value is -2.43. The summed E-state index contributed by atoms with van der Waals surface area (Å²) in [5, 5.41) is 0. The SMILES string of the molecule is O=C(CN1C(=O)[C@H]2CC=CC[C@@H]2C1=O)N1CCc2ccccc2C1. The predicted octanol–water partition coefficient (Wildman–Crippen LogP) is 1.52. The van der Waals surface area contributed by atoms with E-state index >= 15 is 0 Å². The Morgan fingerprint density at radius 1 is 1.00 bits per heavy atom. The molecule has 2 heterocycles. The van der Waals surface area contributed by atoms with Crippen LogP contribution in [-0.4, -0.2) is 40.6 Å². The first-order chi connectivity index (χ1) is 11.6. The van der Waals surface area contributed by atoms with E-state index < -0.39 is 0 Å². The van der Waals surface area contributed by atoms with Gasteiger partial charge in [-0.3, -0.25) is 19.3 Å². The van der Waals surface area contributed by atoms with Gasteiger partial charge in [-0.1, -0.05) is 36.4 Å². The topological polar surface area (TPSA) is 57.7 Å². The average Bonchev–Trinajstić information content (AvgIpc) is 2.86. The molecule has 2 aliphatic heterocycles. The Bertz CT molecular complexity index is 714. The minimum absolute atomic E-state index is 0.118. The van der Waals surface area contributed by atoms with Gasteiger partial charge in [0.05, 0.1) is 11.8 Å². The summed E-state index contributed by atoms with van der Waals surface area (Å²) in [6.07, 6.45) is 5.95. The zero-order valence-corrected chi connectivity index (χ0v) is 13.5. The second kappa shape index (κ2) is 5.89. The van der Waals surface area contributed by atoms with Crippen LogP contribution < -0.4 is 0 Å². The first-order valence-corrected chi connectivity index (χ1v) is 8.50. The summed E-state index contributed by atoms with van der Waals surface area (Å²) in [4.78, 5) is 40.5. The number of fused-ring (bicyclic) bond motifs is 2. The summed E-state index contributed by atoms with van der Waals surface area (Å²) in [6.45, 7) is 1.08. The number of allylic oxidation sites excluding steroid dienone is 2. The van der Waals surface area contributed by atoms with Crippen molar-refractivity contribution >= 4 is 17.7 Å². The van der Waals surface area contributed by atoms with Gasteiger partial charge in [-0.25, -0.2) is 0 Å². The molecular formula is C19H20N2O3. The van der Waals surface area contributed by atoms with Gasteiger partial charge in [0.1, 0.15) is 6.54 Å². The van der Waals surface area contributed by atoms with Crippen molar-refractivity contribution in [1.29, 1.82) is 0 Å². The second-order valence-electron chi connectivity index (χ2n) is 6.75. The first kappa shape index (κ1) is 15.1. The van der Waals surface area contributed by atoms with Crippen molar-refractivity contribution in [3.63, 3.8) is 0 Å². The fraction of sp³-hybridized carbons (Fsp3) is 0.421. The molecule has 0 N–H and O–H groups in total. The predicted molar refractivity (Wildman–Crippen MR) is 87.6 cm³/mol. The molecule has 0 saturated carbocycles. The molecule has 5 nitrogen and oxygen atoms in total. The summed E-state index contributed by atoms with van der Waals surface area (Å²) >= 11 is 0. The summed E-state index contributed by atoms with van der Waals surface area (Å²) < 4.78 is 0. The van der Waals surface area contributed by atoms with Gasteiger partial charge in [-0.2, -0.15) is 0 Å². The van der Waals surface area contributed by atoms with E-state index in [0.29, 0.717) is 25.9 Å². The lowest BCUT2D eigenvalue weighted by Gasteiger charge is -2.30. The molecular weight excluding hydrogens is 304 g/mol. The van der Waals surface area contributed by atoms with Crippen LogP contribution in [0.4, 0.5) is 0 Å². The highest BCUT2D eigenvalue weighted by Crippen LogP contribution is 2.35. The highest BCUT2D eigenvalue weighted by atomic mass is 16.2. The molecule has 0 spiro atoms. The Morgan fingerprint density at radius 2 is 1.62 bits per heavy atom. The number of amides is 3. The van der Waals surface area contributed by atoms with Crippen LogP contribution >= 0.6 is 0 Å². The van der Waals surface area contributed by atoms with Gasteiger partial charge < -0.3 is 4.90 Å². The van der Waals surface area contributed by atoms with Crippen molar-refractivity contribution in [3.05, 3.63) is 47.5 Å². The number of carbonyl (C=O) groups is 3. The van der Waals surface area contributed by atoms with E-state index in [1.807, 2.05) is 30.4 Å². The van der Waals surface area contributed by atoms with Crippen LogP contribution in [-0.2, 0) is 27.3 Å². The van der Waals surface area contributed by atoms with Gasteiger partial charge in [0.2, 0.25) is 17.7 Å². The standard InChI is InChI=1S/C19H20N2O3/c22-17(20-10-9-13-5-1-2-6-14(13)11-20)12-21-18(23)15-7-3-4-8-16(15)19(21)24/h1-6,15-16H,7-12H2/t15-,16-/m0/s1. The van der Waals surface area contributed by atoms with Crippen molar-refractivity contribution < 1.29 is 14.4 Å². The maximum absolute atomic E-state index is 12.6. The number of imide groups is 1. The lowest BCUT2D eigenvalue weighted by molar-refractivity contribution is -0.146. The van der Waals surface area contributed by atoms with Crippen molar-refractivity contribution in [2.45, 2.75) is 25.8 Å². The Labute approximate surface area is 140 Å². The number of carbonyl (C=O) groups excluding carboxylic acids is 3. The quantitative estimate of drug-likeness (QED) is 0.612. The molecule has 3 aliphatic rings. The minimum Gasteiger partial charge on any atom is -0.336 e. The highest BCUT2D eigenvalue weighted by molar-refractivity contribution is 6.07. The second-order valence-corrected chi connectivity index (χ2v) is 6.75. The monoisotopic (exact) mass is 324 g/mol. The van der Waals surface area contributed by atoms with Gasteiger partial charge in [0, 0.05) is 13.1 Å². The third-order valence-corrected chi connectivity index (χ3v) is 5.38. The number of hydrogen-bond acceptors (Lipinski definition) is 3. The van der Waals surface area contributed by atoms with Crippen LogP contribution in [0.5, 0.6) is 0 Å². The molecule has 4 rings (SSSR count). The smallest absolute Gasteiger partial charge is 0.243 e. The zero-order valence-electron chi connectivity index (χ0n) is 13.5. The average molecular weight is 324 g/mol. The molecule has 1 fully saturated rings. The number of likely N-dealkylation sites (tertiary alicyclic amines) is 1. The zero-order chi connectivity index (χ0) is 16.7. The summed E-state index contributed by atoms with van der Waals surface area (Å²) in [7, 11) is 0. The van der Waals surface area contributed by atoms with Gasteiger partial charge in [-0.05, 0) is 30.4 Å².